The summed E-state index contributed by atoms with van der Waals surface area (Å²) in [5, 5.41) is 12.0. The average molecular weight is 224 g/mol. The fourth-order valence-electron chi connectivity index (χ4n) is 2.12. The van der Waals surface area contributed by atoms with Crippen LogP contribution in [0.15, 0.2) is 0 Å². The van der Waals surface area contributed by atoms with Crippen LogP contribution in [0.4, 0.5) is 0 Å². The van der Waals surface area contributed by atoms with Gasteiger partial charge in [0, 0.05) is 19.6 Å². The standard InChI is InChI=1S/C13H24N2O/c1-13(11-14,15-2)8-9-16-10-12-6-4-3-5-7-12/h12,15H,3-10H2,1-2H3. The normalized spacial score (nSPS) is 21.3. The number of nitriles is 1. The minimum atomic E-state index is -0.438. The second kappa shape index (κ2) is 6.88. The van der Waals surface area contributed by atoms with Gasteiger partial charge in [0.25, 0.3) is 0 Å². The van der Waals surface area contributed by atoms with Crippen molar-refractivity contribution in [1.29, 1.82) is 5.26 Å². The fourth-order valence-corrected chi connectivity index (χ4v) is 2.12. The van der Waals surface area contributed by atoms with Gasteiger partial charge in [-0.1, -0.05) is 19.3 Å². The maximum atomic E-state index is 8.97. The van der Waals surface area contributed by atoms with Crippen molar-refractivity contribution in [1.82, 2.24) is 5.32 Å². The molecule has 3 heteroatoms. The second-order valence-electron chi connectivity index (χ2n) is 5.02. The zero-order valence-corrected chi connectivity index (χ0v) is 10.6. The molecule has 0 aromatic rings. The summed E-state index contributed by atoms with van der Waals surface area (Å²) in [5.41, 5.74) is -0.438. The zero-order chi connectivity index (χ0) is 11.9. The van der Waals surface area contributed by atoms with Crippen molar-refractivity contribution in [2.45, 2.75) is 51.0 Å². The Balaban J connectivity index is 2.09. The summed E-state index contributed by atoms with van der Waals surface area (Å²) < 4.78 is 5.68. The van der Waals surface area contributed by atoms with E-state index in [9.17, 15) is 0 Å². The van der Waals surface area contributed by atoms with Gasteiger partial charge < -0.3 is 10.1 Å². The van der Waals surface area contributed by atoms with Crippen molar-refractivity contribution in [2.24, 2.45) is 5.92 Å². The molecule has 16 heavy (non-hydrogen) atoms. The Kier molecular flexibility index (Phi) is 5.79. The van der Waals surface area contributed by atoms with Gasteiger partial charge in [0.1, 0.15) is 5.54 Å². The quantitative estimate of drug-likeness (QED) is 0.705. The van der Waals surface area contributed by atoms with Crippen LogP contribution in [0.2, 0.25) is 0 Å². The maximum absolute atomic E-state index is 8.97. The Bertz CT molecular complexity index is 231. The van der Waals surface area contributed by atoms with Gasteiger partial charge in [-0.05, 0) is 32.7 Å². The maximum Gasteiger partial charge on any atom is 0.105 e. The summed E-state index contributed by atoms with van der Waals surface area (Å²) in [5.74, 6) is 0.761. The molecule has 0 bridgehead atoms. The van der Waals surface area contributed by atoms with Crippen LogP contribution < -0.4 is 5.32 Å². The molecule has 3 nitrogen and oxygen atoms in total. The smallest absolute Gasteiger partial charge is 0.105 e. The molecule has 1 aliphatic carbocycles. The predicted octanol–water partition coefficient (Wildman–Crippen LogP) is 2.48. The lowest BCUT2D eigenvalue weighted by molar-refractivity contribution is 0.0756. The van der Waals surface area contributed by atoms with Crippen LogP contribution in [0.3, 0.4) is 0 Å². The van der Waals surface area contributed by atoms with Crippen molar-refractivity contribution in [3.05, 3.63) is 0 Å². The minimum absolute atomic E-state index is 0.438. The third kappa shape index (κ3) is 4.51. The number of ether oxygens (including phenoxy) is 1. The molecule has 92 valence electrons. The van der Waals surface area contributed by atoms with E-state index in [4.69, 9.17) is 10.00 Å². The van der Waals surface area contributed by atoms with Crippen molar-refractivity contribution in [3.8, 4) is 6.07 Å². The molecule has 1 rings (SSSR count). The van der Waals surface area contributed by atoms with Crippen molar-refractivity contribution in [2.75, 3.05) is 20.3 Å². The van der Waals surface area contributed by atoms with E-state index >= 15 is 0 Å². The van der Waals surface area contributed by atoms with E-state index in [0.717, 1.165) is 18.9 Å². The summed E-state index contributed by atoms with van der Waals surface area (Å²) in [6, 6.07) is 2.28. The molecular weight excluding hydrogens is 200 g/mol. The van der Waals surface area contributed by atoms with Crippen LogP contribution in [-0.4, -0.2) is 25.8 Å². The topological polar surface area (TPSA) is 45.0 Å². The van der Waals surface area contributed by atoms with Gasteiger partial charge in [0.05, 0.1) is 6.07 Å². The summed E-state index contributed by atoms with van der Waals surface area (Å²) in [7, 11) is 1.82. The van der Waals surface area contributed by atoms with Gasteiger partial charge in [-0.2, -0.15) is 5.26 Å². The lowest BCUT2D eigenvalue weighted by atomic mass is 9.90. The molecule has 1 saturated carbocycles. The molecule has 0 amide bonds. The molecule has 1 N–H and O–H groups in total. The van der Waals surface area contributed by atoms with E-state index in [2.05, 4.69) is 11.4 Å². The summed E-state index contributed by atoms with van der Waals surface area (Å²) >= 11 is 0. The number of hydrogen-bond acceptors (Lipinski definition) is 3. The van der Waals surface area contributed by atoms with Crippen LogP contribution in [-0.2, 0) is 4.74 Å². The molecule has 1 unspecified atom stereocenters. The first-order valence-corrected chi connectivity index (χ1v) is 6.38. The summed E-state index contributed by atoms with van der Waals surface area (Å²) in [6.07, 6.45) is 7.51. The summed E-state index contributed by atoms with van der Waals surface area (Å²) in [4.78, 5) is 0. The monoisotopic (exact) mass is 224 g/mol. The molecule has 1 aliphatic rings. The van der Waals surface area contributed by atoms with Gasteiger partial charge in [0.15, 0.2) is 0 Å². The van der Waals surface area contributed by atoms with Gasteiger partial charge >= 0.3 is 0 Å². The van der Waals surface area contributed by atoms with Gasteiger partial charge in [-0.15, -0.1) is 0 Å². The highest BCUT2D eigenvalue weighted by Gasteiger charge is 2.21. The lowest BCUT2D eigenvalue weighted by Gasteiger charge is -2.23. The van der Waals surface area contributed by atoms with Crippen molar-refractivity contribution < 1.29 is 4.74 Å². The lowest BCUT2D eigenvalue weighted by Crippen LogP contribution is -2.39. The molecular formula is C13H24N2O. The van der Waals surface area contributed by atoms with Gasteiger partial charge in [-0.3, -0.25) is 0 Å². The third-order valence-electron chi connectivity index (χ3n) is 3.62. The first kappa shape index (κ1) is 13.5. The predicted molar refractivity (Wildman–Crippen MR) is 65.1 cm³/mol. The van der Waals surface area contributed by atoms with Gasteiger partial charge in [-0.25, -0.2) is 0 Å². The molecule has 0 aromatic carbocycles. The number of nitrogens with zero attached hydrogens (tertiary/aromatic N) is 1. The van der Waals surface area contributed by atoms with E-state index in [1.54, 1.807) is 0 Å². The number of nitrogens with one attached hydrogen (secondary N) is 1. The van der Waals surface area contributed by atoms with Crippen LogP contribution in [0.25, 0.3) is 0 Å². The van der Waals surface area contributed by atoms with E-state index in [-0.39, 0.29) is 0 Å². The molecule has 0 heterocycles. The fraction of sp³-hybridized carbons (Fsp3) is 0.923. The van der Waals surface area contributed by atoms with E-state index in [0.29, 0.717) is 6.61 Å². The molecule has 0 aromatic heterocycles. The number of rotatable bonds is 6. The van der Waals surface area contributed by atoms with Crippen molar-refractivity contribution in [3.63, 3.8) is 0 Å². The number of hydrogen-bond donors (Lipinski definition) is 1. The van der Waals surface area contributed by atoms with E-state index in [1.807, 2.05) is 14.0 Å². The highest BCUT2D eigenvalue weighted by Crippen LogP contribution is 2.23. The van der Waals surface area contributed by atoms with E-state index in [1.165, 1.54) is 32.1 Å². The molecule has 0 saturated heterocycles. The highest BCUT2D eigenvalue weighted by molar-refractivity contribution is 5.02. The van der Waals surface area contributed by atoms with E-state index < -0.39 is 5.54 Å². The molecule has 1 atom stereocenters. The molecule has 0 aliphatic heterocycles. The van der Waals surface area contributed by atoms with Crippen LogP contribution in [0.5, 0.6) is 0 Å². The Morgan fingerprint density at radius 3 is 2.62 bits per heavy atom. The SMILES string of the molecule is CNC(C)(C#N)CCOCC1CCCCC1. The Morgan fingerprint density at radius 2 is 2.06 bits per heavy atom. The second-order valence-corrected chi connectivity index (χ2v) is 5.02. The molecule has 1 fully saturated rings. The van der Waals surface area contributed by atoms with Crippen LogP contribution >= 0.6 is 0 Å². The summed E-state index contributed by atoms with van der Waals surface area (Å²) in [6.45, 7) is 3.48. The Morgan fingerprint density at radius 1 is 1.38 bits per heavy atom. The molecule has 0 spiro atoms. The average Bonchev–Trinajstić information content (AvgIpc) is 2.36. The zero-order valence-electron chi connectivity index (χ0n) is 10.6. The first-order valence-electron chi connectivity index (χ1n) is 6.38. The van der Waals surface area contributed by atoms with Crippen LogP contribution in [0, 0.1) is 17.2 Å². The third-order valence-corrected chi connectivity index (χ3v) is 3.62. The largest absolute Gasteiger partial charge is 0.381 e. The Labute approximate surface area is 99.2 Å². The van der Waals surface area contributed by atoms with Gasteiger partial charge in [0.2, 0.25) is 0 Å². The molecule has 0 radical (unpaired) electrons. The highest BCUT2D eigenvalue weighted by atomic mass is 16.5. The minimum Gasteiger partial charge on any atom is -0.381 e. The first-order chi connectivity index (χ1) is 7.70. The van der Waals surface area contributed by atoms with Crippen molar-refractivity contribution >= 4 is 0 Å². The van der Waals surface area contributed by atoms with Crippen LogP contribution in [0.1, 0.15) is 45.4 Å². The Hall–Kier alpha value is -0.590.